The fourth-order valence-corrected chi connectivity index (χ4v) is 1.52. The maximum atomic E-state index is 4.36. The van der Waals surface area contributed by atoms with Crippen LogP contribution in [0.25, 0.3) is 17.1 Å². The van der Waals surface area contributed by atoms with Crippen LogP contribution in [-0.2, 0) is 0 Å². The predicted molar refractivity (Wildman–Crippen MR) is 77.3 cm³/mol. The summed E-state index contributed by atoms with van der Waals surface area (Å²) in [4.78, 5) is 1.52. The number of rotatable bonds is 4. The maximum Gasteiger partial charge on any atom is 0.205 e. The Morgan fingerprint density at radius 2 is 1.95 bits per heavy atom. The molecule has 0 aliphatic rings. The molecule has 0 saturated heterocycles. The Balaban J connectivity index is 2.23. The minimum atomic E-state index is 0.625. The highest BCUT2D eigenvalue weighted by molar-refractivity contribution is 5.55. The molecule has 2 rings (SSSR count). The number of nitrogens with zero attached hydrogens (tertiary/aromatic N) is 4. The van der Waals surface area contributed by atoms with Crippen LogP contribution >= 0.6 is 0 Å². The number of hydrogen-bond donors (Lipinski definition) is 0. The van der Waals surface area contributed by atoms with Crippen LogP contribution in [0.5, 0.6) is 0 Å². The second-order valence-corrected chi connectivity index (χ2v) is 4.20. The zero-order valence-electron chi connectivity index (χ0n) is 11.1. The summed E-state index contributed by atoms with van der Waals surface area (Å²) in [5.74, 6) is 0.625. The van der Waals surface area contributed by atoms with E-state index in [9.17, 15) is 0 Å². The van der Waals surface area contributed by atoms with Gasteiger partial charge in [0, 0.05) is 5.56 Å². The minimum Gasteiger partial charge on any atom is -0.135 e. The van der Waals surface area contributed by atoms with Crippen molar-refractivity contribution in [2.45, 2.75) is 13.8 Å². The fraction of sp³-hybridized carbons (Fsp3) is 0.133. The average Bonchev–Trinajstić information content (AvgIpc) is 2.89. The van der Waals surface area contributed by atoms with Crippen LogP contribution in [0.1, 0.15) is 12.5 Å². The Bertz CT molecular complexity index is 618. The van der Waals surface area contributed by atoms with E-state index in [0.717, 1.165) is 11.3 Å². The Hall–Kier alpha value is -2.49. The van der Waals surface area contributed by atoms with Crippen LogP contribution in [0, 0.1) is 6.92 Å². The lowest BCUT2D eigenvalue weighted by Gasteiger charge is -1.96. The van der Waals surface area contributed by atoms with Crippen LogP contribution in [0.2, 0.25) is 0 Å². The van der Waals surface area contributed by atoms with Gasteiger partial charge >= 0.3 is 0 Å². The Morgan fingerprint density at radius 3 is 2.63 bits per heavy atom. The van der Waals surface area contributed by atoms with Crippen molar-refractivity contribution in [2.75, 3.05) is 0 Å². The first kappa shape index (κ1) is 13.0. The molecule has 19 heavy (non-hydrogen) atoms. The summed E-state index contributed by atoms with van der Waals surface area (Å²) in [5, 5.41) is 12.5. The summed E-state index contributed by atoms with van der Waals surface area (Å²) in [5.41, 5.74) is 3.07. The van der Waals surface area contributed by atoms with Gasteiger partial charge in [0.25, 0.3) is 0 Å². The summed E-state index contributed by atoms with van der Waals surface area (Å²) in [7, 11) is 0. The third-order valence-corrected chi connectivity index (χ3v) is 2.62. The molecular formula is C15H16N4. The molecule has 0 bridgehead atoms. The third-order valence-electron chi connectivity index (χ3n) is 2.62. The molecule has 4 heteroatoms. The predicted octanol–water partition coefficient (Wildman–Crippen LogP) is 3.25. The van der Waals surface area contributed by atoms with Crippen molar-refractivity contribution in [1.29, 1.82) is 0 Å². The number of allylic oxidation sites excluding steroid dienone is 5. The Kier molecular flexibility index (Phi) is 4.03. The molecule has 0 fully saturated rings. The number of aryl methyl sites for hydroxylation is 1. The zero-order valence-corrected chi connectivity index (χ0v) is 11.1. The maximum absolute atomic E-state index is 4.36. The molecule has 0 radical (unpaired) electrons. The molecule has 4 nitrogen and oxygen atoms in total. The molecule has 0 aliphatic heterocycles. The monoisotopic (exact) mass is 252 g/mol. The highest BCUT2D eigenvalue weighted by Crippen LogP contribution is 2.14. The lowest BCUT2D eigenvalue weighted by atomic mass is 10.1. The molecular weight excluding hydrogens is 236 g/mol. The van der Waals surface area contributed by atoms with E-state index < -0.39 is 0 Å². The topological polar surface area (TPSA) is 43.6 Å². The molecule has 2 aromatic rings. The van der Waals surface area contributed by atoms with Gasteiger partial charge in [-0.25, -0.2) is 0 Å². The number of hydrogen-bond acceptors (Lipinski definition) is 3. The van der Waals surface area contributed by atoms with Gasteiger partial charge in [-0.2, -0.15) is 0 Å². The van der Waals surface area contributed by atoms with Gasteiger partial charge in [0.2, 0.25) is 5.82 Å². The van der Waals surface area contributed by atoms with E-state index in [1.807, 2.05) is 56.3 Å². The molecule has 0 spiro atoms. The first-order valence-corrected chi connectivity index (χ1v) is 6.04. The summed E-state index contributed by atoms with van der Waals surface area (Å²) in [6.45, 7) is 7.59. The molecule has 0 saturated carbocycles. The highest BCUT2D eigenvalue weighted by atomic mass is 15.6. The molecule has 96 valence electrons. The molecule has 1 heterocycles. The van der Waals surface area contributed by atoms with Gasteiger partial charge in [0.15, 0.2) is 0 Å². The van der Waals surface area contributed by atoms with Crippen LogP contribution in [0.4, 0.5) is 0 Å². The molecule has 1 aromatic carbocycles. The molecule has 0 N–H and O–H groups in total. The van der Waals surface area contributed by atoms with Gasteiger partial charge in [-0.3, -0.25) is 0 Å². The standard InChI is InChI=1S/C15H16N4/c1-4-5-6-7-13(3)19-17-15(16-18-19)14-10-8-12(2)9-11-14/h4-11H,1H2,2-3H3/b6-5-,13-7+. The summed E-state index contributed by atoms with van der Waals surface area (Å²) >= 11 is 0. The van der Waals surface area contributed by atoms with Crippen molar-refractivity contribution in [1.82, 2.24) is 20.2 Å². The molecule has 0 amide bonds. The van der Waals surface area contributed by atoms with Gasteiger partial charge in [0.1, 0.15) is 0 Å². The van der Waals surface area contributed by atoms with Crippen molar-refractivity contribution < 1.29 is 0 Å². The molecule has 0 atom stereocenters. The molecule has 1 aromatic heterocycles. The van der Waals surface area contributed by atoms with Crippen molar-refractivity contribution in [3.05, 3.63) is 60.7 Å². The summed E-state index contributed by atoms with van der Waals surface area (Å²) in [6.07, 6.45) is 7.36. The highest BCUT2D eigenvalue weighted by Gasteiger charge is 2.05. The van der Waals surface area contributed by atoms with Gasteiger partial charge < -0.3 is 0 Å². The second-order valence-electron chi connectivity index (χ2n) is 4.20. The van der Waals surface area contributed by atoms with Gasteiger partial charge in [-0.15, -0.1) is 15.0 Å². The lowest BCUT2D eigenvalue weighted by molar-refractivity contribution is 0.732. The number of benzene rings is 1. The van der Waals surface area contributed by atoms with Crippen LogP contribution in [0.15, 0.2) is 55.1 Å². The van der Waals surface area contributed by atoms with E-state index >= 15 is 0 Å². The van der Waals surface area contributed by atoms with Gasteiger partial charge in [0.05, 0.1) is 5.70 Å². The Morgan fingerprint density at radius 1 is 1.21 bits per heavy atom. The quantitative estimate of drug-likeness (QED) is 0.784. The summed E-state index contributed by atoms with van der Waals surface area (Å²) in [6, 6.07) is 8.05. The normalized spacial score (nSPS) is 12.0. The van der Waals surface area contributed by atoms with Crippen molar-refractivity contribution in [3.8, 4) is 11.4 Å². The third kappa shape index (κ3) is 3.25. The van der Waals surface area contributed by atoms with Crippen LogP contribution in [-0.4, -0.2) is 20.2 Å². The zero-order chi connectivity index (χ0) is 13.7. The fourth-order valence-electron chi connectivity index (χ4n) is 1.52. The SMILES string of the molecule is C=C/C=C\C=C(/C)n1nnc(-c2ccc(C)cc2)n1. The summed E-state index contributed by atoms with van der Waals surface area (Å²) < 4.78 is 0. The van der Waals surface area contributed by atoms with E-state index in [1.165, 1.54) is 10.4 Å². The van der Waals surface area contributed by atoms with Crippen LogP contribution in [0.3, 0.4) is 0 Å². The Labute approximate surface area is 112 Å². The second kappa shape index (κ2) is 5.91. The average molecular weight is 252 g/mol. The van der Waals surface area contributed by atoms with Gasteiger partial charge in [-0.05, 0) is 25.1 Å². The van der Waals surface area contributed by atoms with E-state index in [4.69, 9.17) is 0 Å². The van der Waals surface area contributed by atoms with E-state index in [1.54, 1.807) is 6.08 Å². The minimum absolute atomic E-state index is 0.625. The first-order valence-electron chi connectivity index (χ1n) is 6.04. The molecule has 0 aliphatic carbocycles. The van der Waals surface area contributed by atoms with Crippen molar-refractivity contribution in [3.63, 3.8) is 0 Å². The number of tetrazole rings is 1. The van der Waals surface area contributed by atoms with Crippen molar-refractivity contribution in [2.24, 2.45) is 0 Å². The van der Waals surface area contributed by atoms with E-state index in [2.05, 4.69) is 22.0 Å². The van der Waals surface area contributed by atoms with Gasteiger partial charge in [-0.1, -0.05) is 54.6 Å². The smallest absolute Gasteiger partial charge is 0.135 e. The van der Waals surface area contributed by atoms with Crippen LogP contribution < -0.4 is 0 Å². The van der Waals surface area contributed by atoms with Crippen molar-refractivity contribution >= 4 is 5.70 Å². The number of aromatic nitrogens is 4. The van der Waals surface area contributed by atoms with E-state index in [0.29, 0.717) is 5.82 Å². The lowest BCUT2D eigenvalue weighted by Crippen LogP contribution is -1.98. The molecule has 0 unspecified atom stereocenters. The first-order chi connectivity index (χ1) is 9.20. The van der Waals surface area contributed by atoms with E-state index in [-0.39, 0.29) is 0 Å². The largest absolute Gasteiger partial charge is 0.205 e.